The first kappa shape index (κ1) is 30.1. The first-order valence-corrected chi connectivity index (χ1v) is 15.7. The van der Waals surface area contributed by atoms with E-state index in [0.717, 1.165) is 11.1 Å². The molecule has 1 heterocycles. The summed E-state index contributed by atoms with van der Waals surface area (Å²) in [7, 11) is 6.63. The van der Waals surface area contributed by atoms with Crippen LogP contribution in [0, 0.1) is 0 Å². The standard InChI is InChI=1S/C26H26N2Si.C13H11B/c1-25(2,3)23-15-10-16-24(19-23)29-26(28-18-17-27-20-28,21-11-6-4-7-12-21)22-13-8-5-9-14-22;14-13(11-7-3-1-4-8-11)12-9-5-2-6-10-12/h4-20H,1-3H3;1-10,13H. The summed E-state index contributed by atoms with van der Waals surface area (Å²) in [6.07, 6.45) is 5.90. The molecule has 6 aromatic rings. The molecular weight excluding hydrogens is 535 g/mol. The molecule has 0 aliphatic rings. The molecule has 0 bridgehead atoms. The van der Waals surface area contributed by atoms with E-state index in [1.807, 2.05) is 48.9 Å². The minimum absolute atomic E-state index is 0.0163. The SMILES string of the molecule is CC(C)(C)c1cccc([Si]C(c2ccccc2)(c2ccccc2)n2ccnc2)c1.[B]C(c1ccccc1)c1ccccc1. The maximum absolute atomic E-state index is 6.12. The number of rotatable bonds is 7. The fourth-order valence-corrected chi connectivity index (χ4v) is 6.98. The highest BCUT2D eigenvalue weighted by molar-refractivity contribution is 6.57. The van der Waals surface area contributed by atoms with E-state index in [1.165, 1.54) is 21.9 Å². The van der Waals surface area contributed by atoms with E-state index in [-0.39, 0.29) is 16.4 Å². The zero-order valence-electron chi connectivity index (χ0n) is 25.1. The highest BCUT2D eigenvalue weighted by Crippen LogP contribution is 2.33. The molecule has 0 aliphatic carbocycles. The Morgan fingerprint density at radius 2 is 1.07 bits per heavy atom. The predicted octanol–water partition coefficient (Wildman–Crippen LogP) is 7.90. The van der Waals surface area contributed by atoms with Gasteiger partial charge in [-0.1, -0.05) is 172 Å². The summed E-state index contributed by atoms with van der Waals surface area (Å²) in [6.45, 7) is 6.81. The van der Waals surface area contributed by atoms with Crippen molar-refractivity contribution in [1.82, 2.24) is 9.55 Å². The Labute approximate surface area is 260 Å². The van der Waals surface area contributed by atoms with Crippen molar-refractivity contribution in [3.05, 3.63) is 192 Å². The summed E-state index contributed by atoms with van der Waals surface area (Å²) in [5, 5.41) is 1.01. The quantitative estimate of drug-likeness (QED) is 0.178. The van der Waals surface area contributed by atoms with Crippen LogP contribution in [0.15, 0.2) is 164 Å². The number of imidazole rings is 1. The van der Waals surface area contributed by atoms with Crippen molar-refractivity contribution in [1.29, 1.82) is 0 Å². The monoisotopic (exact) mass is 572 g/mol. The Morgan fingerprint density at radius 1 is 0.605 bits per heavy atom. The van der Waals surface area contributed by atoms with Crippen LogP contribution in [0.2, 0.25) is 0 Å². The topological polar surface area (TPSA) is 17.8 Å². The summed E-state index contributed by atoms with van der Waals surface area (Å²) in [5.41, 5.74) is 6.32. The van der Waals surface area contributed by atoms with Gasteiger partial charge >= 0.3 is 0 Å². The van der Waals surface area contributed by atoms with Crippen molar-refractivity contribution in [2.45, 2.75) is 37.2 Å². The van der Waals surface area contributed by atoms with Gasteiger partial charge in [-0.25, -0.2) is 4.98 Å². The third kappa shape index (κ3) is 7.15. The van der Waals surface area contributed by atoms with E-state index in [2.05, 4.69) is 146 Å². The molecule has 4 radical (unpaired) electrons. The smallest absolute Gasteiger partial charge is 0.127 e. The Kier molecular flexibility index (Phi) is 9.59. The third-order valence-electron chi connectivity index (χ3n) is 7.65. The Bertz CT molecular complexity index is 1590. The Morgan fingerprint density at radius 3 is 1.51 bits per heavy atom. The average molecular weight is 573 g/mol. The maximum Gasteiger partial charge on any atom is 0.127 e. The lowest BCUT2D eigenvalue weighted by molar-refractivity contribution is 0.589. The van der Waals surface area contributed by atoms with Crippen LogP contribution in [0.4, 0.5) is 0 Å². The van der Waals surface area contributed by atoms with E-state index >= 15 is 0 Å². The van der Waals surface area contributed by atoms with Gasteiger partial charge in [0.1, 0.15) is 9.52 Å². The van der Waals surface area contributed by atoms with Gasteiger partial charge in [-0.2, -0.15) is 0 Å². The molecule has 4 heteroatoms. The van der Waals surface area contributed by atoms with Crippen LogP contribution in [0.3, 0.4) is 0 Å². The molecule has 5 aromatic carbocycles. The molecule has 0 amide bonds. The largest absolute Gasteiger partial charge is 0.326 e. The van der Waals surface area contributed by atoms with Crippen LogP contribution in [0.25, 0.3) is 0 Å². The van der Waals surface area contributed by atoms with E-state index in [4.69, 9.17) is 7.85 Å². The molecule has 2 nitrogen and oxygen atoms in total. The normalized spacial score (nSPS) is 11.5. The van der Waals surface area contributed by atoms with Crippen LogP contribution in [0.5, 0.6) is 0 Å². The van der Waals surface area contributed by atoms with E-state index < -0.39 is 0 Å². The molecule has 0 N–H and O–H groups in total. The van der Waals surface area contributed by atoms with Gasteiger partial charge in [-0.15, -0.1) is 0 Å². The maximum atomic E-state index is 6.12. The van der Waals surface area contributed by atoms with Gasteiger partial charge in [0.15, 0.2) is 0 Å². The van der Waals surface area contributed by atoms with Crippen LogP contribution in [0.1, 0.15) is 54.4 Å². The average Bonchev–Trinajstić information content (AvgIpc) is 3.61. The highest BCUT2D eigenvalue weighted by atomic mass is 28.2. The summed E-state index contributed by atoms with van der Waals surface area (Å²) >= 11 is 0. The van der Waals surface area contributed by atoms with Gasteiger partial charge in [-0.05, 0) is 39.0 Å². The van der Waals surface area contributed by atoms with Crippen LogP contribution < -0.4 is 5.19 Å². The van der Waals surface area contributed by atoms with Gasteiger partial charge in [0.05, 0.1) is 19.3 Å². The zero-order chi connectivity index (χ0) is 30.1. The lowest BCUT2D eigenvalue weighted by Crippen LogP contribution is -2.47. The number of aromatic nitrogens is 2. The molecule has 43 heavy (non-hydrogen) atoms. The first-order valence-electron chi connectivity index (χ1n) is 14.7. The fourth-order valence-electron chi connectivity index (χ4n) is 5.28. The van der Waals surface area contributed by atoms with E-state index in [1.54, 1.807) is 0 Å². The molecule has 210 valence electrons. The number of nitrogens with zero attached hydrogens (tertiary/aromatic N) is 2. The molecule has 0 atom stereocenters. The van der Waals surface area contributed by atoms with Crippen molar-refractivity contribution in [3.63, 3.8) is 0 Å². The number of benzene rings is 5. The lowest BCUT2D eigenvalue weighted by Gasteiger charge is -2.36. The lowest BCUT2D eigenvalue weighted by atomic mass is 9.76. The van der Waals surface area contributed by atoms with Gasteiger partial charge in [0.2, 0.25) is 0 Å². The minimum Gasteiger partial charge on any atom is -0.326 e. The number of hydrogen-bond acceptors (Lipinski definition) is 1. The molecule has 0 unspecified atom stereocenters. The first-order chi connectivity index (χ1) is 20.9. The fraction of sp³-hybridized carbons (Fsp3) is 0.154. The molecule has 0 fully saturated rings. The van der Waals surface area contributed by atoms with Gasteiger partial charge in [0, 0.05) is 12.4 Å². The summed E-state index contributed by atoms with van der Waals surface area (Å²) in [5.74, 6) is -0.0163. The molecule has 6 rings (SSSR count). The van der Waals surface area contributed by atoms with Crippen molar-refractivity contribution in [2.75, 3.05) is 0 Å². The van der Waals surface area contributed by atoms with Gasteiger partial charge in [-0.3, -0.25) is 0 Å². The van der Waals surface area contributed by atoms with Gasteiger partial charge in [0.25, 0.3) is 0 Å². The summed E-state index contributed by atoms with van der Waals surface area (Å²) in [4.78, 5) is 4.40. The zero-order valence-corrected chi connectivity index (χ0v) is 26.1. The molecule has 0 saturated carbocycles. The van der Waals surface area contributed by atoms with Crippen LogP contribution in [-0.2, 0) is 10.6 Å². The predicted molar refractivity (Wildman–Crippen MR) is 182 cm³/mol. The molecule has 0 saturated heterocycles. The van der Waals surface area contributed by atoms with Crippen LogP contribution >= 0.6 is 0 Å². The second-order valence-corrected chi connectivity index (χ2v) is 13.2. The summed E-state index contributed by atoms with van der Waals surface area (Å²) < 4.78 is 2.26. The molecular formula is C39H37BN2Si. The van der Waals surface area contributed by atoms with E-state index in [9.17, 15) is 0 Å². The second kappa shape index (κ2) is 13.7. The van der Waals surface area contributed by atoms with Crippen molar-refractivity contribution in [2.24, 2.45) is 0 Å². The van der Waals surface area contributed by atoms with Crippen molar-refractivity contribution >= 4 is 22.6 Å². The molecule has 0 aliphatic heterocycles. The summed E-state index contributed by atoms with van der Waals surface area (Å²) in [6, 6.07) is 50.9. The Hall–Kier alpha value is -4.41. The van der Waals surface area contributed by atoms with Crippen molar-refractivity contribution in [3.8, 4) is 0 Å². The molecule has 1 aromatic heterocycles. The minimum atomic E-state index is -0.338. The highest BCUT2D eigenvalue weighted by Gasteiger charge is 2.37. The third-order valence-corrected chi connectivity index (χ3v) is 9.44. The number of hydrogen-bond donors (Lipinski definition) is 0. The van der Waals surface area contributed by atoms with Crippen LogP contribution in [-0.4, -0.2) is 26.9 Å². The second-order valence-electron chi connectivity index (χ2n) is 11.7. The van der Waals surface area contributed by atoms with Crippen molar-refractivity contribution < 1.29 is 0 Å². The van der Waals surface area contributed by atoms with E-state index in [0.29, 0.717) is 9.52 Å². The molecule has 0 spiro atoms. The van der Waals surface area contributed by atoms with Gasteiger partial charge < -0.3 is 4.57 Å². The Balaban J connectivity index is 0.000000220.